The Kier molecular flexibility index (Phi) is 3.64. The highest BCUT2D eigenvalue weighted by Gasteiger charge is 2.06. The van der Waals surface area contributed by atoms with E-state index in [0.29, 0.717) is 16.8 Å². The second-order valence-electron chi connectivity index (χ2n) is 3.98. The number of hydrazine groups is 1. The molecule has 0 unspecified atom stereocenters. The van der Waals surface area contributed by atoms with E-state index in [1.807, 2.05) is 32.0 Å². The van der Waals surface area contributed by atoms with Gasteiger partial charge in [0, 0.05) is 11.8 Å². The zero-order valence-electron chi connectivity index (χ0n) is 10.2. The molecule has 6 heteroatoms. The summed E-state index contributed by atoms with van der Waals surface area (Å²) in [5.41, 5.74) is 5.24. The molecule has 0 amide bonds. The van der Waals surface area contributed by atoms with Crippen LogP contribution in [-0.2, 0) is 0 Å². The van der Waals surface area contributed by atoms with E-state index >= 15 is 0 Å². The van der Waals surface area contributed by atoms with Crippen molar-refractivity contribution in [1.29, 1.82) is 0 Å². The normalized spacial score (nSPS) is 10.2. The standard InChI is InChI=1S/C12H14ClN5/c1-7-3-4-9(13)10(5-7)16-11-8(2)6-15-12(17-11)18-14/h3-6H,14H2,1-2H3,(H2,15,16,17,18). The molecule has 0 aliphatic carbocycles. The molecule has 0 fully saturated rings. The number of rotatable bonds is 3. The summed E-state index contributed by atoms with van der Waals surface area (Å²) in [5, 5.41) is 3.82. The molecule has 1 aromatic heterocycles. The summed E-state index contributed by atoms with van der Waals surface area (Å²) in [5.74, 6) is 6.31. The number of nitrogens with zero attached hydrogens (tertiary/aromatic N) is 2. The Balaban J connectivity index is 2.36. The van der Waals surface area contributed by atoms with Crippen molar-refractivity contribution in [2.24, 2.45) is 5.84 Å². The predicted octanol–water partition coefficient (Wildman–Crippen LogP) is 2.78. The van der Waals surface area contributed by atoms with Crippen LogP contribution in [0.1, 0.15) is 11.1 Å². The van der Waals surface area contributed by atoms with E-state index in [4.69, 9.17) is 17.4 Å². The first kappa shape index (κ1) is 12.6. The molecule has 1 aromatic carbocycles. The number of halogens is 1. The molecule has 2 aromatic rings. The molecule has 2 rings (SSSR count). The smallest absolute Gasteiger partial charge is 0.239 e. The van der Waals surface area contributed by atoms with E-state index in [1.54, 1.807) is 6.20 Å². The summed E-state index contributed by atoms with van der Waals surface area (Å²) in [6.45, 7) is 3.91. The molecule has 0 spiro atoms. The van der Waals surface area contributed by atoms with Gasteiger partial charge in [-0.3, -0.25) is 5.43 Å². The minimum Gasteiger partial charge on any atom is -0.339 e. The van der Waals surface area contributed by atoms with Crippen LogP contribution in [0.3, 0.4) is 0 Å². The van der Waals surface area contributed by atoms with Crippen LogP contribution in [0.4, 0.5) is 17.5 Å². The third kappa shape index (κ3) is 2.69. The maximum atomic E-state index is 6.13. The average Bonchev–Trinajstić information content (AvgIpc) is 2.36. The monoisotopic (exact) mass is 263 g/mol. The lowest BCUT2D eigenvalue weighted by Crippen LogP contribution is -2.11. The second-order valence-corrected chi connectivity index (χ2v) is 4.39. The predicted molar refractivity (Wildman–Crippen MR) is 74.1 cm³/mol. The molecule has 0 radical (unpaired) electrons. The number of benzene rings is 1. The van der Waals surface area contributed by atoms with Crippen molar-refractivity contribution in [2.45, 2.75) is 13.8 Å². The molecule has 0 saturated heterocycles. The molecule has 18 heavy (non-hydrogen) atoms. The van der Waals surface area contributed by atoms with Crippen LogP contribution < -0.4 is 16.6 Å². The number of nitrogen functional groups attached to an aromatic ring is 1. The Morgan fingerprint density at radius 2 is 2.06 bits per heavy atom. The molecule has 94 valence electrons. The molecule has 1 heterocycles. The molecule has 0 atom stereocenters. The highest BCUT2D eigenvalue weighted by Crippen LogP contribution is 2.27. The van der Waals surface area contributed by atoms with E-state index in [9.17, 15) is 0 Å². The van der Waals surface area contributed by atoms with Crippen LogP contribution in [0.5, 0.6) is 0 Å². The van der Waals surface area contributed by atoms with Gasteiger partial charge in [0.25, 0.3) is 0 Å². The average molecular weight is 264 g/mol. The van der Waals surface area contributed by atoms with Gasteiger partial charge in [0.2, 0.25) is 5.95 Å². The fraction of sp³-hybridized carbons (Fsp3) is 0.167. The van der Waals surface area contributed by atoms with Gasteiger partial charge in [-0.2, -0.15) is 4.98 Å². The molecule has 0 saturated carbocycles. The van der Waals surface area contributed by atoms with Crippen LogP contribution in [-0.4, -0.2) is 9.97 Å². The van der Waals surface area contributed by atoms with Gasteiger partial charge in [-0.1, -0.05) is 17.7 Å². The number of aryl methyl sites for hydroxylation is 2. The Morgan fingerprint density at radius 3 is 2.78 bits per heavy atom. The zero-order chi connectivity index (χ0) is 13.1. The van der Waals surface area contributed by atoms with Crippen molar-refractivity contribution in [3.05, 3.63) is 40.5 Å². The fourth-order valence-electron chi connectivity index (χ4n) is 1.50. The fourth-order valence-corrected chi connectivity index (χ4v) is 1.67. The molecule has 0 aliphatic heterocycles. The van der Waals surface area contributed by atoms with Crippen molar-refractivity contribution in [2.75, 3.05) is 10.7 Å². The Morgan fingerprint density at radius 1 is 1.28 bits per heavy atom. The number of hydrogen-bond acceptors (Lipinski definition) is 5. The number of aromatic nitrogens is 2. The Hall–Kier alpha value is -1.85. The number of nitrogens with two attached hydrogens (primary N) is 1. The summed E-state index contributed by atoms with van der Waals surface area (Å²) < 4.78 is 0. The maximum Gasteiger partial charge on any atom is 0.239 e. The van der Waals surface area contributed by atoms with Gasteiger partial charge in [-0.15, -0.1) is 0 Å². The largest absolute Gasteiger partial charge is 0.339 e. The van der Waals surface area contributed by atoms with Crippen molar-refractivity contribution in [3.63, 3.8) is 0 Å². The third-order valence-corrected chi connectivity index (χ3v) is 2.81. The first-order chi connectivity index (χ1) is 8.60. The molecule has 0 bridgehead atoms. The summed E-state index contributed by atoms with van der Waals surface area (Å²) in [6.07, 6.45) is 1.69. The Labute approximate surface area is 110 Å². The molecular formula is C12H14ClN5. The summed E-state index contributed by atoms with van der Waals surface area (Å²) in [6, 6.07) is 5.75. The van der Waals surface area contributed by atoms with Crippen LogP contribution in [0.25, 0.3) is 0 Å². The highest BCUT2D eigenvalue weighted by atomic mass is 35.5. The number of anilines is 3. The van der Waals surface area contributed by atoms with Gasteiger partial charge in [0.15, 0.2) is 0 Å². The number of nitrogens with one attached hydrogen (secondary N) is 2. The van der Waals surface area contributed by atoms with Gasteiger partial charge in [0.1, 0.15) is 5.82 Å². The van der Waals surface area contributed by atoms with Crippen molar-refractivity contribution < 1.29 is 0 Å². The SMILES string of the molecule is Cc1ccc(Cl)c(Nc2nc(NN)ncc2C)c1. The quantitative estimate of drug-likeness (QED) is 0.586. The minimum absolute atomic E-state index is 0.354. The van der Waals surface area contributed by atoms with Crippen molar-refractivity contribution in [3.8, 4) is 0 Å². The topological polar surface area (TPSA) is 75.9 Å². The maximum absolute atomic E-state index is 6.13. The lowest BCUT2D eigenvalue weighted by atomic mass is 10.2. The first-order valence-electron chi connectivity index (χ1n) is 5.43. The third-order valence-electron chi connectivity index (χ3n) is 2.48. The van der Waals surface area contributed by atoms with Crippen LogP contribution in [0.15, 0.2) is 24.4 Å². The summed E-state index contributed by atoms with van der Waals surface area (Å²) >= 11 is 6.13. The zero-order valence-corrected chi connectivity index (χ0v) is 10.9. The van der Waals surface area contributed by atoms with E-state index < -0.39 is 0 Å². The summed E-state index contributed by atoms with van der Waals surface area (Å²) in [7, 11) is 0. The molecule has 4 N–H and O–H groups in total. The van der Waals surface area contributed by atoms with Crippen molar-refractivity contribution >= 4 is 29.1 Å². The van der Waals surface area contributed by atoms with E-state index in [-0.39, 0.29) is 0 Å². The molecular weight excluding hydrogens is 250 g/mol. The van der Waals surface area contributed by atoms with Crippen molar-refractivity contribution in [1.82, 2.24) is 9.97 Å². The highest BCUT2D eigenvalue weighted by molar-refractivity contribution is 6.33. The lowest BCUT2D eigenvalue weighted by molar-refractivity contribution is 1.09. The van der Waals surface area contributed by atoms with Gasteiger partial charge in [0.05, 0.1) is 10.7 Å². The van der Waals surface area contributed by atoms with E-state index in [1.165, 1.54) is 0 Å². The van der Waals surface area contributed by atoms with E-state index in [2.05, 4.69) is 20.7 Å². The second kappa shape index (κ2) is 5.20. The van der Waals surface area contributed by atoms with E-state index in [0.717, 1.165) is 16.8 Å². The van der Waals surface area contributed by atoms with Gasteiger partial charge in [-0.05, 0) is 31.5 Å². The van der Waals surface area contributed by atoms with Gasteiger partial charge >= 0.3 is 0 Å². The minimum atomic E-state index is 0.354. The lowest BCUT2D eigenvalue weighted by Gasteiger charge is -2.11. The van der Waals surface area contributed by atoms with Gasteiger partial charge < -0.3 is 5.32 Å². The van der Waals surface area contributed by atoms with Crippen LogP contribution >= 0.6 is 11.6 Å². The van der Waals surface area contributed by atoms with Crippen LogP contribution in [0.2, 0.25) is 5.02 Å². The van der Waals surface area contributed by atoms with Crippen LogP contribution in [0, 0.1) is 13.8 Å². The molecule has 5 nitrogen and oxygen atoms in total. The van der Waals surface area contributed by atoms with Gasteiger partial charge in [-0.25, -0.2) is 10.8 Å². The molecule has 0 aliphatic rings. The first-order valence-corrected chi connectivity index (χ1v) is 5.81. The summed E-state index contributed by atoms with van der Waals surface area (Å²) in [4.78, 5) is 8.26. The number of hydrogen-bond donors (Lipinski definition) is 3. The Bertz CT molecular complexity index is 570.